The fourth-order valence-corrected chi connectivity index (χ4v) is 5.74. The predicted molar refractivity (Wildman–Crippen MR) is 168 cm³/mol. The van der Waals surface area contributed by atoms with Crippen molar-refractivity contribution in [1.29, 1.82) is 0 Å². The van der Waals surface area contributed by atoms with Gasteiger partial charge in [0.05, 0.1) is 19.1 Å². The van der Waals surface area contributed by atoms with Crippen LogP contribution < -0.4 is 14.4 Å². The van der Waals surface area contributed by atoms with E-state index >= 15 is 0 Å². The van der Waals surface area contributed by atoms with Crippen molar-refractivity contribution < 1.29 is 22.7 Å². The van der Waals surface area contributed by atoms with E-state index in [-0.39, 0.29) is 37.7 Å². The van der Waals surface area contributed by atoms with Gasteiger partial charge in [-0.15, -0.1) is 0 Å². The highest BCUT2D eigenvalue weighted by atomic mass is 32.2. The number of nitrogens with one attached hydrogen (secondary N) is 1. The van der Waals surface area contributed by atoms with Gasteiger partial charge in [0.1, 0.15) is 11.8 Å². The number of hydrogen-bond donors (Lipinski definition) is 1. The maximum atomic E-state index is 14.0. The Morgan fingerprint density at radius 3 is 2.21 bits per heavy atom. The summed E-state index contributed by atoms with van der Waals surface area (Å²) in [5.41, 5.74) is 2.89. The first kappa shape index (κ1) is 32.7. The van der Waals surface area contributed by atoms with Crippen molar-refractivity contribution in [2.24, 2.45) is 0 Å². The number of anilines is 1. The summed E-state index contributed by atoms with van der Waals surface area (Å²) in [4.78, 5) is 29.3. The van der Waals surface area contributed by atoms with E-state index in [2.05, 4.69) is 5.32 Å². The number of aryl methyl sites for hydroxylation is 1. The van der Waals surface area contributed by atoms with E-state index in [1.807, 2.05) is 82.3 Å². The number of amides is 2. The second kappa shape index (κ2) is 14.4. The predicted octanol–water partition coefficient (Wildman–Crippen LogP) is 5.10. The van der Waals surface area contributed by atoms with Gasteiger partial charge in [-0.2, -0.15) is 0 Å². The monoisotopic (exact) mass is 593 g/mol. The molecule has 1 N–H and O–H groups in total. The van der Waals surface area contributed by atoms with Crippen LogP contribution in [0.4, 0.5) is 5.69 Å². The van der Waals surface area contributed by atoms with Crippen molar-refractivity contribution in [2.75, 3.05) is 24.2 Å². The van der Waals surface area contributed by atoms with Crippen molar-refractivity contribution >= 4 is 27.5 Å². The molecule has 8 nitrogen and oxygen atoms in total. The first-order chi connectivity index (χ1) is 19.8. The fourth-order valence-electron chi connectivity index (χ4n) is 4.78. The van der Waals surface area contributed by atoms with Crippen molar-refractivity contribution in [2.45, 2.75) is 65.1 Å². The number of nitrogens with zero attached hydrogens (tertiary/aromatic N) is 2. The van der Waals surface area contributed by atoms with Crippen molar-refractivity contribution in [3.63, 3.8) is 0 Å². The molecule has 1 atom stereocenters. The van der Waals surface area contributed by atoms with E-state index < -0.39 is 21.6 Å². The lowest BCUT2D eigenvalue weighted by Crippen LogP contribution is -2.54. The lowest BCUT2D eigenvalue weighted by molar-refractivity contribution is -0.142. The summed E-state index contributed by atoms with van der Waals surface area (Å²) >= 11 is 0. The summed E-state index contributed by atoms with van der Waals surface area (Å²) in [7, 11) is -2.10. The van der Waals surface area contributed by atoms with Gasteiger partial charge in [-0.05, 0) is 57.4 Å². The Bertz CT molecular complexity index is 1450. The molecule has 3 aromatic rings. The van der Waals surface area contributed by atoms with Crippen LogP contribution in [0.3, 0.4) is 0 Å². The van der Waals surface area contributed by atoms with Crippen LogP contribution in [-0.4, -0.2) is 56.6 Å². The van der Waals surface area contributed by atoms with Gasteiger partial charge in [0, 0.05) is 37.5 Å². The highest BCUT2D eigenvalue weighted by Crippen LogP contribution is 2.24. The molecule has 0 saturated carbocycles. The first-order valence-corrected chi connectivity index (χ1v) is 15.9. The highest BCUT2D eigenvalue weighted by Gasteiger charge is 2.32. The Labute approximate surface area is 250 Å². The summed E-state index contributed by atoms with van der Waals surface area (Å²) in [5.74, 6) is 0.0808. The number of carbonyl (C=O) groups is 2. The number of ether oxygens (including phenoxy) is 1. The van der Waals surface area contributed by atoms with Crippen LogP contribution in [0.5, 0.6) is 5.75 Å². The Kier molecular flexibility index (Phi) is 11.2. The van der Waals surface area contributed by atoms with Crippen LogP contribution in [-0.2, 0) is 32.6 Å². The molecule has 0 radical (unpaired) electrons. The molecule has 3 aromatic carbocycles. The van der Waals surface area contributed by atoms with Crippen molar-refractivity contribution in [3.8, 4) is 5.75 Å². The molecule has 0 aliphatic heterocycles. The normalized spacial score (nSPS) is 12.3. The summed E-state index contributed by atoms with van der Waals surface area (Å²) < 4.78 is 31.9. The molecule has 2 amide bonds. The second-order valence-electron chi connectivity index (χ2n) is 11.6. The summed E-state index contributed by atoms with van der Waals surface area (Å²) in [6, 6.07) is 23.6. The quantitative estimate of drug-likeness (QED) is 0.297. The topological polar surface area (TPSA) is 96.0 Å². The molecule has 0 fully saturated rings. The molecule has 0 bridgehead atoms. The third-order valence-electron chi connectivity index (χ3n) is 6.70. The Morgan fingerprint density at radius 2 is 1.60 bits per heavy atom. The molecule has 9 heteroatoms. The maximum absolute atomic E-state index is 14.0. The van der Waals surface area contributed by atoms with E-state index in [0.29, 0.717) is 17.9 Å². The molecule has 0 heterocycles. The highest BCUT2D eigenvalue weighted by molar-refractivity contribution is 7.92. The van der Waals surface area contributed by atoms with Gasteiger partial charge in [-0.3, -0.25) is 13.9 Å². The van der Waals surface area contributed by atoms with Gasteiger partial charge in [0.2, 0.25) is 21.8 Å². The third kappa shape index (κ3) is 9.91. The zero-order valence-electron chi connectivity index (χ0n) is 25.5. The van der Waals surface area contributed by atoms with E-state index in [0.717, 1.165) is 22.9 Å². The molecule has 0 saturated heterocycles. The summed E-state index contributed by atoms with van der Waals surface area (Å²) in [5, 5.41) is 3.07. The SMILES string of the molecule is COc1cccc(N(CCCC(=O)N(Cc2cccc(C)c2)[C@H](Cc2ccccc2)C(=O)NC(C)(C)C)S(C)(=O)=O)c1. The van der Waals surface area contributed by atoms with Crippen LogP contribution in [0.15, 0.2) is 78.9 Å². The van der Waals surface area contributed by atoms with Gasteiger partial charge in [-0.1, -0.05) is 66.2 Å². The van der Waals surface area contributed by atoms with E-state index in [9.17, 15) is 18.0 Å². The van der Waals surface area contributed by atoms with Gasteiger partial charge in [0.15, 0.2) is 0 Å². The Hall–Kier alpha value is -3.85. The van der Waals surface area contributed by atoms with Crippen molar-refractivity contribution in [3.05, 3.63) is 95.6 Å². The average molecular weight is 594 g/mol. The minimum atomic E-state index is -3.62. The first-order valence-electron chi connectivity index (χ1n) is 14.1. The van der Waals surface area contributed by atoms with Gasteiger partial charge >= 0.3 is 0 Å². The molecule has 0 aliphatic carbocycles. The van der Waals surface area contributed by atoms with Crippen LogP contribution in [0.1, 0.15) is 50.3 Å². The average Bonchev–Trinajstić information content (AvgIpc) is 2.92. The van der Waals surface area contributed by atoms with E-state index in [1.165, 1.54) is 11.4 Å². The van der Waals surface area contributed by atoms with Crippen LogP contribution in [0.25, 0.3) is 0 Å². The van der Waals surface area contributed by atoms with Crippen LogP contribution >= 0.6 is 0 Å². The number of carbonyl (C=O) groups excluding carboxylic acids is 2. The standard InChI is InChI=1S/C33H43N3O5S/c1-25-13-10-16-27(21-25)24-35(30(32(38)34-33(2,3)4)22-26-14-8-7-9-15-26)31(37)19-12-20-36(42(6,39)40)28-17-11-18-29(23-28)41-5/h7-11,13-18,21,23,30H,12,19-20,22,24H2,1-6H3,(H,34,38)/t30-/m1/s1. The molecule has 3 rings (SSSR count). The molecule has 0 aliphatic rings. The van der Waals surface area contributed by atoms with Gasteiger partial charge in [-0.25, -0.2) is 8.42 Å². The number of rotatable bonds is 13. The zero-order valence-corrected chi connectivity index (χ0v) is 26.3. The number of hydrogen-bond acceptors (Lipinski definition) is 5. The second-order valence-corrected chi connectivity index (χ2v) is 13.5. The Morgan fingerprint density at radius 1 is 0.929 bits per heavy atom. The fraction of sp³-hybridized carbons (Fsp3) is 0.394. The molecule has 0 aromatic heterocycles. The number of sulfonamides is 1. The maximum Gasteiger partial charge on any atom is 0.243 e. The van der Waals surface area contributed by atoms with E-state index in [1.54, 1.807) is 29.2 Å². The molecular formula is C33H43N3O5S. The molecular weight excluding hydrogens is 550 g/mol. The van der Waals surface area contributed by atoms with Crippen LogP contribution in [0, 0.1) is 6.92 Å². The molecule has 0 spiro atoms. The minimum Gasteiger partial charge on any atom is -0.497 e. The van der Waals surface area contributed by atoms with Gasteiger partial charge in [0.25, 0.3) is 0 Å². The van der Waals surface area contributed by atoms with Crippen LogP contribution in [0.2, 0.25) is 0 Å². The summed E-state index contributed by atoms with van der Waals surface area (Å²) in [6.45, 7) is 8.08. The smallest absolute Gasteiger partial charge is 0.243 e. The largest absolute Gasteiger partial charge is 0.497 e. The zero-order chi connectivity index (χ0) is 30.9. The molecule has 0 unspecified atom stereocenters. The third-order valence-corrected chi connectivity index (χ3v) is 7.89. The molecule has 226 valence electrons. The summed E-state index contributed by atoms with van der Waals surface area (Å²) in [6.07, 6.45) is 1.83. The lowest BCUT2D eigenvalue weighted by atomic mass is 10.00. The lowest BCUT2D eigenvalue weighted by Gasteiger charge is -2.34. The number of methoxy groups -OCH3 is 1. The van der Waals surface area contributed by atoms with Crippen molar-refractivity contribution in [1.82, 2.24) is 10.2 Å². The molecule has 42 heavy (non-hydrogen) atoms. The van der Waals surface area contributed by atoms with Gasteiger partial charge < -0.3 is 15.0 Å². The minimum absolute atomic E-state index is 0.0654. The number of benzene rings is 3. The van der Waals surface area contributed by atoms with E-state index in [4.69, 9.17) is 4.74 Å². The Balaban J connectivity index is 1.91.